The van der Waals surface area contributed by atoms with E-state index in [1.54, 1.807) is 0 Å². The number of fused-ring (bicyclic) bond motifs is 1. The van der Waals surface area contributed by atoms with Crippen LogP contribution < -0.4 is 0 Å². The predicted octanol–water partition coefficient (Wildman–Crippen LogP) is 4.31. The maximum absolute atomic E-state index is 13.0. The summed E-state index contributed by atoms with van der Waals surface area (Å²) in [4.78, 5) is 17.4. The van der Waals surface area contributed by atoms with Crippen LogP contribution in [0.15, 0.2) is 78.9 Å². The fourth-order valence-corrected chi connectivity index (χ4v) is 3.62. The van der Waals surface area contributed by atoms with Gasteiger partial charge in [0.1, 0.15) is 0 Å². The van der Waals surface area contributed by atoms with Crippen LogP contribution in [0.3, 0.4) is 0 Å². The van der Waals surface area contributed by atoms with Crippen LogP contribution >= 0.6 is 0 Å². The third-order valence-electron chi connectivity index (χ3n) is 5.15. The summed E-state index contributed by atoms with van der Waals surface area (Å²) < 4.78 is 0. The summed E-state index contributed by atoms with van der Waals surface area (Å²) in [6.45, 7) is 4.30. The Hall–Kier alpha value is -2.91. The molecule has 3 aromatic carbocycles. The van der Waals surface area contributed by atoms with E-state index in [2.05, 4.69) is 53.5 Å². The minimum atomic E-state index is 0.145. The van der Waals surface area contributed by atoms with Crippen molar-refractivity contribution in [2.75, 3.05) is 32.7 Å². The molecule has 3 nitrogen and oxygen atoms in total. The van der Waals surface area contributed by atoms with E-state index in [-0.39, 0.29) is 5.91 Å². The van der Waals surface area contributed by atoms with E-state index in [1.165, 1.54) is 5.56 Å². The molecular weight excluding hydrogens is 332 g/mol. The standard InChI is InChI=1S/C24H24N2O/c27-24(23-14-6-12-21-11-4-5-13-22(21)23)26-18-16-25(17-19-26)15-7-10-20-8-2-1-3-9-20/h1-14H,15-19H2/b10-7+. The lowest BCUT2D eigenvalue weighted by atomic mass is 10.0. The topological polar surface area (TPSA) is 23.6 Å². The van der Waals surface area contributed by atoms with Crippen LogP contribution in [-0.4, -0.2) is 48.4 Å². The Morgan fingerprint density at radius 1 is 0.815 bits per heavy atom. The number of amides is 1. The molecule has 3 aromatic rings. The highest BCUT2D eigenvalue weighted by Gasteiger charge is 2.22. The first-order valence-electron chi connectivity index (χ1n) is 9.52. The predicted molar refractivity (Wildman–Crippen MR) is 112 cm³/mol. The van der Waals surface area contributed by atoms with Gasteiger partial charge in [-0.25, -0.2) is 0 Å². The summed E-state index contributed by atoms with van der Waals surface area (Å²) in [6.07, 6.45) is 4.37. The summed E-state index contributed by atoms with van der Waals surface area (Å²) in [7, 11) is 0. The summed E-state index contributed by atoms with van der Waals surface area (Å²) in [6, 6.07) is 24.4. The molecule has 27 heavy (non-hydrogen) atoms. The zero-order chi connectivity index (χ0) is 18.5. The molecule has 1 aliphatic heterocycles. The molecule has 1 fully saturated rings. The smallest absolute Gasteiger partial charge is 0.254 e. The number of hydrogen-bond donors (Lipinski definition) is 0. The Kier molecular flexibility index (Phi) is 5.31. The van der Waals surface area contributed by atoms with E-state index in [0.29, 0.717) is 0 Å². The van der Waals surface area contributed by atoms with Crippen molar-refractivity contribution in [3.63, 3.8) is 0 Å². The molecule has 1 saturated heterocycles. The fraction of sp³-hybridized carbons (Fsp3) is 0.208. The van der Waals surface area contributed by atoms with Gasteiger partial charge in [-0.2, -0.15) is 0 Å². The second-order valence-electron chi connectivity index (χ2n) is 6.93. The van der Waals surface area contributed by atoms with Crippen LogP contribution in [-0.2, 0) is 0 Å². The fourth-order valence-electron chi connectivity index (χ4n) is 3.62. The second kappa shape index (κ2) is 8.19. The van der Waals surface area contributed by atoms with Crippen molar-refractivity contribution in [1.29, 1.82) is 0 Å². The van der Waals surface area contributed by atoms with Crippen molar-refractivity contribution in [3.8, 4) is 0 Å². The third kappa shape index (κ3) is 4.09. The van der Waals surface area contributed by atoms with Crippen LogP contribution in [0.4, 0.5) is 0 Å². The maximum atomic E-state index is 13.0. The van der Waals surface area contributed by atoms with Gasteiger partial charge in [0.25, 0.3) is 5.91 Å². The summed E-state index contributed by atoms with van der Waals surface area (Å²) in [5.74, 6) is 0.145. The monoisotopic (exact) mass is 356 g/mol. The Bertz CT molecular complexity index is 936. The van der Waals surface area contributed by atoms with Gasteiger partial charge in [-0.05, 0) is 22.4 Å². The van der Waals surface area contributed by atoms with Gasteiger partial charge in [-0.15, -0.1) is 0 Å². The minimum Gasteiger partial charge on any atom is -0.336 e. The number of nitrogens with zero attached hydrogens (tertiary/aromatic N) is 2. The van der Waals surface area contributed by atoms with E-state index in [0.717, 1.165) is 49.1 Å². The van der Waals surface area contributed by atoms with Gasteiger partial charge < -0.3 is 4.90 Å². The molecular formula is C24H24N2O. The lowest BCUT2D eigenvalue weighted by Crippen LogP contribution is -2.48. The quantitative estimate of drug-likeness (QED) is 0.695. The first-order valence-corrected chi connectivity index (χ1v) is 9.52. The number of hydrogen-bond acceptors (Lipinski definition) is 2. The highest BCUT2D eigenvalue weighted by atomic mass is 16.2. The molecule has 1 aliphatic rings. The second-order valence-corrected chi connectivity index (χ2v) is 6.93. The van der Waals surface area contributed by atoms with Crippen LogP contribution in [0.5, 0.6) is 0 Å². The molecule has 0 N–H and O–H groups in total. The molecule has 136 valence electrons. The van der Waals surface area contributed by atoms with Crippen molar-refractivity contribution >= 4 is 22.8 Å². The lowest BCUT2D eigenvalue weighted by molar-refractivity contribution is 0.0652. The van der Waals surface area contributed by atoms with Gasteiger partial charge in [0.2, 0.25) is 0 Å². The van der Waals surface area contributed by atoms with Crippen LogP contribution in [0.2, 0.25) is 0 Å². The van der Waals surface area contributed by atoms with Gasteiger partial charge in [-0.1, -0.05) is 78.9 Å². The van der Waals surface area contributed by atoms with Crippen molar-refractivity contribution < 1.29 is 4.79 Å². The zero-order valence-corrected chi connectivity index (χ0v) is 15.4. The van der Waals surface area contributed by atoms with E-state index < -0.39 is 0 Å². The van der Waals surface area contributed by atoms with Crippen molar-refractivity contribution in [1.82, 2.24) is 9.80 Å². The van der Waals surface area contributed by atoms with Crippen LogP contribution in [0.1, 0.15) is 15.9 Å². The molecule has 0 aromatic heterocycles. The van der Waals surface area contributed by atoms with E-state index >= 15 is 0 Å². The first kappa shape index (κ1) is 17.5. The Morgan fingerprint density at radius 3 is 2.33 bits per heavy atom. The first-order chi connectivity index (χ1) is 13.3. The van der Waals surface area contributed by atoms with Crippen molar-refractivity contribution in [2.24, 2.45) is 0 Å². The maximum Gasteiger partial charge on any atom is 0.254 e. The number of carbonyl (C=O) groups is 1. The van der Waals surface area contributed by atoms with Crippen LogP contribution in [0.25, 0.3) is 16.8 Å². The summed E-state index contributed by atoms with van der Waals surface area (Å²) in [5, 5.41) is 2.16. The molecule has 1 amide bonds. The number of rotatable bonds is 4. The molecule has 0 atom stereocenters. The SMILES string of the molecule is O=C(c1cccc2ccccc12)N1CCN(C/C=C/c2ccccc2)CC1. The Balaban J connectivity index is 1.36. The molecule has 4 rings (SSSR count). The normalized spacial score (nSPS) is 15.5. The van der Waals surface area contributed by atoms with E-state index in [4.69, 9.17) is 0 Å². The van der Waals surface area contributed by atoms with E-state index in [9.17, 15) is 4.79 Å². The largest absolute Gasteiger partial charge is 0.336 e. The van der Waals surface area contributed by atoms with Gasteiger partial charge in [0.15, 0.2) is 0 Å². The zero-order valence-electron chi connectivity index (χ0n) is 15.4. The van der Waals surface area contributed by atoms with E-state index in [1.807, 2.05) is 41.3 Å². The molecule has 0 aliphatic carbocycles. The Labute approximate surface area is 160 Å². The number of benzene rings is 3. The van der Waals surface area contributed by atoms with Gasteiger partial charge in [-0.3, -0.25) is 9.69 Å². The molecule has 0 spiro atoms. The molecule has 3 heteroatoms. The lowest BCUT2D eigenvalue weighted by Gasteiger charge is -2.34. The highest BCUT2D eigenvalue weighted by Crippen LogP contribution is 2.20. The minimum absolute atomic E-state index is 0.145. The van der Waals surface area contributed by atoms with Gasteiger partial charge in [0.05, 0.1) is 0 Å². The molecule has 0 saturated carbocycles. The van der Waals surface area contributed by atoms with Gasteiger partial charge >= 0.3 is 0 Å². The highest BCUT2D eigenvalue weighted by molar-refractivity contribution is 6.07. The third-order valence-corrected chi connectivity index (χ3v) is 5.15. The Morgan fingerprint density at radius 2 is 1.52 bits per heavy atom. The number of piperazine rings is 1. The molecule has 0 unspecified atom stereocenters. The summed E-state index contributed by atoms with van der Waals surface area (Å²) >= 11 is 0. The van der Waals surface area contributed by atoms with Gasteiger partial charge in [0, 0.05) is 38.3 Å². The average molecular weight is 356 g/mol. The molecule has 0 bridgehead atoms. The molecule has 1 heterocycles. The van der Waals surface area contributed by atoms with Crippen molar-refractivity contribution in [2.45, 2.75) is 0 Å². The number of carbonyl (C=O) groups excluding carboxylic acids is 1. The van der Waals surface area contributed by atoms with Crippen molar-refractivity contribution in [3.05, 3.63) is 90.0 Å². The summed E-state index contributed by atoms with van der Waals surface area (Å²) in [5.41, 5.74) is 2.03. The van der Waals surface area contributed by atoms with Crippen LogP contribution in [0, 0.1) is 0 Å². The molecule has 0 radical (unpaired) electrons. The average Bonchev–Trinajstić information content (AvgIpc) is 2.74.